The second-order valence-corrected chi connectivity index (χ2v) is 9.67. The molecule has 2 heterocycles. The molecule has 0 saturated carbocycles. The van der Waals surface area contributed by atoms with Gasteiger partial charge >= 0.3 is 17.9 Å². The molecule has 0 radical (unpaired) electrons. The van der Waals surface area contributed by atoms with Crippen molar-refractivity contribution in [3.63, 3.8) is 0 Å². The number of anilines is 1. The van der Waals surface area contributed by atoms with Gasteiger partial charge in [-0.2, -0.15) is 0 Å². The van der Waals surface area contributed by atoms with Crippen LogP contribution in [0.15, 0.2) is 24.3 Å². The van der Waals surface area contributed by atoms with E-state index in [0.29, 0.717) is 34.4 Å². The summed E-state index contributed by atoms with van der Waals surface area (Å²) in [6.07, 6.45) is 2.47. The number of methoxy groups -OCH3 is 2. The Morgan fingerprint density at radius 1 is 1.06 bits per heavy atom. The number of ether oxygens (including phenoxy) is 3. The molecule has 1 atom stereocenters. The zero-order valence-electron chi connectivity index (χ0n) is 20.4. The molecule has 4 rings (SSSR count). The highest BCUT2D eigenvalue weighted by Crippen LogP contribution is 2.35. The largest absolute Gasteiger partial charge is 0.465 e. The van der Waals surface area contributed by atoms with Crippen LogP contribution in [0.1, 0.15) is 60.6 Å². The summed E-state index contributed by atoms with van der Waals surface area (Å²) >= 11 is 0.886. The Kier molecular flexibility index (Phi) is 7.35. The summed E-state index contributed by atoms with van der Waals surface area (Å²) in [5.74, 6) is -2.22. The van der Waals surface area contributed by atoms with Crippen LogP contribution in [0.2, 0.25) is 0 Å². The molecule has 1 aromatic carbocycles. The molecule has 1 amide bonds. The van der Waals surface area contributed by atoms with Crippen LogP contribution >= 0.6 is 11.3 Å². The number of thiophene rings is 1. The second-order valence-electron chi connectivity index (χ2n) is 8.64. The molecule has 0 bridgehead atoms. The molecule has 1 N–H and O–H groups in total. The minimum Gasteiger partial charge on any atom is -0.465 e. The van der Waals surface area contributed by atoms with Crippen LogP contribution < -0.4 is 5.32 Å². The average Bonchev–Trinajstić information content (AvgIpc) is 3.20. The smallest absolute Gasteiger partial charge is 0.348 e. The van der Waals surface area contributed by atoms with Gasteiger partial charge in [-0.1, -0.05) is 25.1 Å². The summed E-state index contributed by atoms with van der Waals surface area (Å²) in [6, 6.07) is 7.37. The van der Waals surface area contributed by atoms with Crippen molar-refractivity contribution < 1.29 is 33.4 Å². The van der Waals surface area contributed by atoms with E-state index in [0.717, 1.165) is 35.4 Å². The lowest BCUT2D eigenvalue weighted by molar-refractivity contribution is -0.119. The van der Waals surface area contributed by atoms with Crippen LogP contribution in [0.3, 0.4) is 0 Å². The van der Waals surface area contributed by atoms with Gasteiger partial charge in [0.1, 0.15) is 9.88 Å². The van der Waals surface area contributed by atoms with E-state index in [1.807, 2.05) is 24.3 Å². The lowest BCUT2D eigenvalue weighted by Gasteiger charge is -2.24. The molecular weight excluding hydrogens is 484 g/mol. The summed E-state index contributed by atoms with van der Waals surface area (Å²) in [5, 5.41) is 3.35. The minimum atomic E-state index is -0.713. The lowest BCUT2D eigenvalue weighted by Crippen LogP contribution is -2.24. The van der Waals surface area contributed by atoms with Crippen LogP contribution in [0, 0.1) is 12.8 Å². The third kappa shape index (κ3) is 4.81. The number of benzene rings is 1. The van der Waals surface area contributed by atoms with Gasteiger partial charge in [0.25, 0.3) is 5.91 Å². The number of rotatable bonds is 6. The standard InChI is InChI=1S/C26H26N2O7S/c1-13-9-10-18-16(11-13)21(15-7-5-6-8-17(15)27-18)25(31)35-12-19(29)28-23-20(24(30)33-3)14(2)22(36-23)26(32)34-4/h5-8,13H,9-12H2,1-4H3,(H,28,29)/t13-/m0/s1. The Bertz CT molecular complexity index is 1380. The summed E-state index contributed by atoms with van der Waals surface area (Å²) in [7, 11) is 2.42. The molecule has 1 aliphatic rings. The van der Waals surface area contributed by atoms with E-state index in [2.05, 4.69) is 12.2 Å². The minimum absolute atomic E-state index is 0.0470. The Labute approximate surface area is 211 Å². The highest BCUT2D eigenvalue weighted by Gasteiger charge is 2.28. The molecule has 188 valence electrons. The molecule has 0 saturated heterocycles. The van der Waals surface area contributed by atoms with Gasteiger partial charge in [-0.25, -0.2) is 14.4 Å². The van der Waals surface area contributed by atoms with Crippen molar-refractivity contribution in [1.29, 1.82) is 0 Å². The lowest BCUT2D eigenvalue weighted by atomic mass is 9.84. The summed E-state index contributed by atoms with van der Waals surface area (Å²) in [5.41, 5.74) is 3.26. The monoisotopic (exact) mass is 510 g/mol. The normalized spacial score (nSPS) is 14.6. The van der Waals surface area contributed by atoms with Crippen molar-refractivity contribution in [3.05, 3.63) is 57.1 Å². The SMILES string of the molecule is COC(=O)c1sc(NC(=O)COC(=O)c2c3c(nc4ccccc24)CC[C@H](C)C3)c(C(=O)OC)c1C. The highest BCUT2D eigenvalue weighted by molar-refractivity contribution is 7.18. The van der Waals surface area contributed by atoms with Gasteiger partial charge < -0.3 is 19.5 Å². The summed E-state index contributed by atoms with van der Waals surface area (Å²) in [6.45, 7) is 3.11. The Hall–Kier alpha value is -3.79. The van der Waals surface area contributed by atoms with Gasteiger partial charge in [-0.05, 0) is 49.3 Å². The van der Waals surface area contributed by atoms with Crippen molar-refractivity contribution >= 4 is 51.1 Å². The van der Waals surface area contributed by atoms with Gasteiger partial charge in [0.2, 0.25) is 0 Å². The number of esters is 3. The van der Waals surface area contributed by atoms with E-state index < -0.39 is 30.4 Å². The van der Waals surface area contributed by atoms with E-state index in [9.17, 15) is 19.2 Å². The average molecular weight is 511 g/mol. The van der Waals surface area contributed by atoms with E-state index in [1.165, 1.54) is 14.2 Å². The van der Waals surface area contributed by atoms with E-state index in [4.69, 9.17) is 19.2 Å². The molecule has 0 unspecified atom stereocenters. The van der Waals surface area contributed by atoms with E-state index >= 15 is 0 Å². The number of fused-ring (bicyclic) bond motifs is 2. The Morgan fingerprint density at radius 2 is 1.78 bits per heavy atom. The fourth-order valence-electron chi connectivity index (χ4n) is 4.40. The van der Waals surface area contributed by atoms with Crippen molar-refractivity contribution in [1.82, 2.24) is 4.98 Å². The quantitative estimate of drug-likeness (QED) is 0.389. The number of carbonyl (C=O) groups excluding carboxylic acids is 4. The van der Waals surface area contributed by atoms with Crippen LogP contribution in [0.4, 0.5) is 5.00 Å². The topological polar surface area (TPSA) is 121 Å². The molecule has 0 aliphatic heterocycles. The van der Waals surface area contributed by atoms with Crippen LogP contribution in [0.5, 0.6) is 0 Å². The number of carbonyl (C=O) groups is 4. The van der Waals surface area contributed by atoms with Gasteiger partial charge in [0, 0.05) is 11.1 Å². The molecule has 3 aromatic rings. The first-order valence-electron chi connectivity index (χ1n) is 11.4. The molecule has 1 aliphatic carbocycles. The first-order valence-corrected chi connectivity index (χ1v) is 12.2. The number of aryl methyl sites for hydroxylation is 1. The molecular formula is C26H26N2O7S. The Morgan fingerprint density at radius 3 is 2.50 bits per heavy atom. The number of nitrogens with zero attached hydrogens (tertiary/aromatic N) is 1. The van der Waals surface area contributed by atoms with Crippen molar-refractivity contribution in [2.24, 2.45) is 5.92 Å². The number of para-hydroxylation sites is 1. The maximum atomic E-state index is 13.2. The highest BCUT2D eigenvalue weighted by atomic mass is 32.1. The molecule has 2 aromatic heterocycles. The fourth-order valence-corrected chi connectivity index (χ4v) is 5.53. The number of pyridine rings is 1. The molecule has 10 heteroatoms. The maximum Gasteiger partial charge on any atom is 0.348 e. The number of hydrogen-bond acceptors (Lipinski definition) is 9. The third-order valence-corrected chi connectivity index (χ3v) is 7.39. The first-order chi connectivity index (χ1) is 17.2. The van der Waals surface area contributed by atoms with Crippen molar-refractivity contribution in [2.75, 3.05) is 26.1 Å². The molecule has 9 nitrogen and oxygen atoms in total. The van der Waals surface area contributed by atoms with Crippen LogP contribution in [-0.2, 0) is 31.8 Å². The predicted octanol–water partition coefficient (Wildman–Crippen LogP) is 4.10. The predicted molar refractivity (Wildman–Crippen MR) is 134 cm³/mol. The van der Waals surface area contributed by atoms with Gasteiger partial charge in [0.05, 0.1) is 30.9 Å². The zero-order chi connectivity index (χ0) is 26.0. The number of nitrogens with one attached hydrogen (secondary N) is 1. The van der Waals surface area contributed by atoms with Crippen molar-refractivity contribution in [3.8, 4) is 0 Å². The number of aromatic nitrogens is 1. The van der Waals surface area contributed by atoms with E-state index in [-0.39, 0.29) is 15.4 Å². The third-order valence-electron chi connectivity index (χ3n) is 6.20. The summed E-state index contributed by atoms with van der Waals surface area (Å²) < 4.78 is 15.0. The molecule has 0 fully saturated rings. The zero-order valence-corrected chi connectivity index (χ0v) is 21.2. The van der Waals surface area contributed by atoms with Crippen molar-refractivity contribution in [2.45, 2.75) is 33.1 Å². The summed E-state index contributed by atoms with van der Waals surface area (Å²) in [4.78, 5) is 55.2. The van der Waals surface area contributed by atoms with Crippen LogP contribution in [-0.4, -0.2) is 49.6 Å². The second kappa shape index (κ2) is 10.4. The molecule has 36 heavy (non-hydrogen) atoms. The fraction of sp³-hybridized carbons (Fsp3) is 0.346. The number of amides is 1. The first kappa shape index (κ1) is 25.3. The van der Waals surface area contributed by atoms with Gasteiger partial charge in [0.15, 0.2) is 6.61 Å². The van der Waals surface area contributed by atoms with E-state index in [1.54, 1.807) is 6.92 Å². The van der Waals surface area contributed by atoms with Crippen LogP contribution in [0.25, 0.3) is 10.9 Å². The van der Waals surface area contributed by atoms with Gasteiger partial charge in [-0.3, -0.25) is 9.78 Å². The maximum absolute atomic E-state index is 13.2. The molecule has 0 spiro atoms. The number of hydrogen-bond donors (Lipinski definition) is 1. The Balaban J connectivity index is 1.57. The van der Waals surface area contributed by atoms with Gasteiger partial charge in [-0.15, -0.1) is 11.3 Å².